The van der Waals surface area contributed by atoms with Gasteiger partial charge in [0.25, 0.3) is 5.56 Å². The Labute approximate surface area is 184 Å². The van der Waals surface area contributed by atoms with Gasteiger partial charge in [0.2, 0.25) is 4.96 Å². The lowest BCUT2D eigenvalue weighted by molar-refractivity contribution is 0.571. The number of furan rings is 1. The van der Waals surface area contributed by atoms with Gasteiger partial charge in [0.1, 0.15) is 16.1 Å². The second kappa shape index (κ2) is 7.40. The van der Waals surface area contributed by atoms with Crippen molar-refractivity contribution in [3.63, 3.8) is 0 Å². The maximum absolute atomic E-state index is 12.8. The Morgan fingerprint density at radius 3 is 2.77 bits per heavy atom. The third kappa shape index (κ3) is 3.43. The summed E-state index contributed by atoms with van der Waals surface area (Å²) < 4.78 is 7.67. The van der Waals surface area contributed by atoms with E-state index in [2.05, 4.69) is 10.1 Å². The summed E-state index contributed by atoms with van der Waals surface area (Å²) in [6.07, 6.45) is 1.68. The van der Waals surface area contributed by atoms with Crippen molar-refractivity contribution in [1.82, 2.24) is 14.6 Å². The van der Waals surface area contributed by atoms with Gasteiger partial charge in [-0.1, -0.05) is 58.3 Å². The zero-order valence-corrected chi connectivity index (χ0v) is 17.9. The van der Waals surface area contributed by atoms with Crippen molar-refractivity contribution in [2.45, 2.75) is 6.92 Å². The molecule has 0 radical (unpaired) electrons. The number of hydrogen-bond donors (Lipinski definition) is 0. The number of fused-ring (bicyclic) bond motifs is 1. The van der Waals surface area contributed by atoms with E-state index in [0.29, 0.717) is 42.4 Å². The molecular weight excluding hydrogens is 441 g/mol. The van der Waals surface area contributed by atoms with Crippen molar-refractivity contribution in [1.29, 1.82) is 0 Å². The molecule has 5 nitrogen and oxygen atoms in total. The van der Waals surface area contributed by atoms with Gasteiger partial charge in [-0.3, -0.25) is 4.79 Å². The molecule has 0 saturated carbocycles. The number of thiazole rings is 1. The van der Waals surface area contributed by atoms with E-state index in [1.807, 2.05) is 31.2 Å². The number of hydrogen-bond acceptors (Lipinski definition) is 5. The fourth-order valence-electron chi connectivity index (χ4n) is 3.13. The largest absolute Gasteiger partial charge is 0.457 e. The van der Waals surface area contributed by atoms with Gasteiger partial charge in [0, 0.05) is 22.2 Å². The monoisotopic (exact) mass is 453 g/mol. The third-order valence-electron chi connectivity index (χ3n) is 4.55. The second-order valence-electron chi connectivity index (χ2n) is 6.74. The topological polar surface area (TPSA) is 60.4 Å². The highest BCUT2D eigenvalue weighted by molar-refractivity contribution is 7.15. The molecule has 0 aliphatic heterocycles. The molecule has 0 aliphatic rings. The molecule has 0 amide bonds. The highest BCUT2D eigenvalue weighted by Crippen LogP contribution is 2.32. The number of nitrogens with zero attached hydrogens (tertiary/aromatic N) is 3. The van der Waals surface area contributed by atoms with Crippen LogP contribution >= 0.6 is 34.5 Å². The molecule has 8 heteroatoms. The van der Waals surface area contributed by atoms with Crippen LogP contribution in [0.25, 0.3) is 33.7 Å². The summed E-state index contributed by atoms with van der Waals surface area (Å²) >= 11 is 13.6. The molecule has 0 saturated heterocycles. The molecule has 2 aromatic carbocycles. The van der Waals surface area contributed by atoms with Crippen LogP contribution in [0.4, 0.5) is 0 Å². The molecular formula is C22H13Cl2N3O2S. The molecule has 30 heavy (non-hydrogen) atoms. The van der Waals surface area contributed by atoms with Crippen LogP contribution in [0, 0.1) is 6.92 Å². The zero-order chi connectivity index (χ0) is 20.8. The predicted molar refractivity (Wildman–Crippen MR) is 120 cm³/mol. The Morgan fingerprint density at radius 1 is 1.10 bits per heavy atom. The molecule has 0 unspecified atom stereocenters. The van der Waals surface area contributed by atoms with E-state index in [-0.39, 0.29) is 5.56 Å². The molecule has 3 aromatic heterocycles. The van der Waals surface area contributed by atoms with Crippen molar-refractivity contribution >= 4 is 45.6 Å². The summed E-state index contributed by atoms with van der Waals surface area (Å²) in [6.45, 7) is 2.00. The van der Waals surface area contributed by atoms with Crippen LogP contribution in [0.1, 0.15) is 11.3 Å². The smallest absolute Gasteiger partial charge is 0.291 e. The number of aromatic nitrogens is 3. The molecule has 0 atom stereocenters. The summed E-state index contributed by atoms with van der Waals surface area (Å²) in [5.41, 5.74) is 2.44. The molecule has 0 spiro atoms. The van der Waals surface area contributed by atoms with Gasteiger partial charge in [-0.2, -0.15) is 9.50 Å². The molecule has 0 N–H and O–H groups in total. The van der Waals surface area contributed by atoms with E-state index in [1.54, 1.807) is 36.4 Å². The quantitative estimate of drug-likeness (QED) is 0.374. The summed E-state index contributed by atoms with van der Waals surface area (Å²) in [5, 5.41) is 5.48. The van der Waals surface area contributed by atoms with Crippen molar-refractivity contribution in [3.8, 4) is 22.7 Å². The van der Waals surface area contributed by atoms with Gasteiger partial charge in [-0.15, -0.1) is 5.10 Å². The highest BCUT2D eigenvalue weighted by atomic mass is 35.5. The van der Waals surface area contributed by atoms with Gasteiger partial charge in [-0.05, 0) is 43.3 Å². The molecule has 0 bridgehead atoms. The average Bonchev–Trinajstić information content (AvgIpc) is 3.42. The van der Waals surface area contributed by atoms with Crippen molar-refractivity contribution < 1.29 is 4.42 Å². The van der Waals surface area contributed by atoms with Crippen LogP contribution in [0.5, 0.6) is 0 Å². The van der Waals surface area contributed by atoms with Crippen LogP contribution < -0.4 is 10.1 Å². The minimum Gasteiger partial charge on any atom is -0.457 e. The van der Waals surface area contributed by atoms with Crippen molar-refractivity contribution in [3.05, 3.63) is 90.9 Å². The average molecular weight is 454 g/mol. The normalized spacial score (nSPS) is 12.2. The second-order valence-corrected chi connectivity index (χ2v) is 8.59. The van der Waals surface area contributed by atoms with E-state index in [1.165, 1.54) is 15.9 Å². The Hall–Kier alpha value is -2.93. The van der Waals surface area contributed by atoms with Crippen LogP contribution in [0.2, 0.25) is 10.0 Å². The zero-order valence-electron chi connectivity index (χ0n) is 15.6. The maximum Gasteiger partial charge on any atom is 0.291 e. The fraction of sp³-hybridized carbons (Fsp3) is 0.0455. The van der Waals surface area contributed by atoms with E-state index in [9.17, 15) is 4.79 Å². The first-order valence-electron chi connectivity index (χ1n) is 9.01. The molecule has 148 valence electrons. The van der Waals surface area contributed by atoms with Gasteiger partial charge in [0.05, 0.1) is 5.02 Å². The molecule has 3 heterocycles. The first-order chi connectivity index (χ1) is 14.5. The molecule has 5 aromatic rings. The standard InChI is InChI=1S/C22H13Cl2N3O2S/c1-12-3-2-4-13(9-12)20-25-22-27(26-20)21(28)19(30-22)11-15-6-8-18(29-15)16-10-14(23)5-7-17(16)24/h2-11H,1H3. The third-order valence-corrected chi connectivity index (χ3v) is 6.08. The number of aryl methyl sites for hydroxylation is 1. The van der Waals surface area contributed by atoms with Crippen molar-refractivity contribution in [2.75, 3.05) is 0 Å². The maximum atomic E-state index is 12.8. The lowest BCUT2D eigenvalue weighted by Gasteiger charge is -2.00. The minimum absolute atomic E-state index is 0.236. The predicted octanol–water partition coefficient (Wildman–Crippen LogP) is 5.24. The number of halogens is 2. The fourth-order valence-corrected chi connectivity index (χ4v) is 4.40. The van der Waals surface area contributed by atoms with Gasteiger partial charge in [-0.25, -0.2) is 0 Å². The van der Waals surface area contributed by atoms with E-state index in [4.69, 9.17) is 27.6 Å². The Bertz CT molecular complexity index is 1520. The van der Waals surface area contributed by atoms with Crippen LogP contribution in [-0.2, 0) is 0 Å². The number of benzene rings is 2. The van der Waals surface area contributed by atoms with E-state index in [0.717, 1.165) is 11.1 Å². The highest BCUT2D eigenvalue weighted by Gasteiger charge is 2.13. The van der Waals surface area contributed by atoms with Gasteiger partial charge >= 0.3 is 0 Å². The first-order valence-corrected chi connectivity index (χ1v) is 10.6. The lowest BCUT2D eigenvalue weighted by Crippen LogP contribution is -2.23. The first kappa shape index (κ1) is 19.1. The molecule has 0 fully saturated rings. The SMILES string of the molecule is Cc1cccc(-c2nc3sc(=Cc4ccc(-c5cc(Cl)ccc5Cl)o4)c(=O)n3n2)c1. The lowest BCUT2D eigenvalue weighted by atomic mass is 10.1. The van der Waals surface area contributed by atoms with Crippen LogP contribution in [0.15, 0.2) is 63.8 Å². The molecule has 0 aliphatic carbocycles. The summed E-state index contributed by atoms with van der Waals surface area (Å²) in [5.74, 6) is 1.63. The Balaban J connectivity index is 1.53. The van der Waals surface area contributed by atoms with Crippen LogP contribution in [-0.4, -0.2) is 14.6 Å². The van der Waals surface area contributed by atoms with Gasteiger partial charge < -0.3 is 4.42 Å². The Morgan fingerprint density at radius 2 is 1.97 bits per heavy atom. The molecule has 5 rings (SSSR count). The number of rotatable bonds is 3. The van der Waals surface area contributed by atoms with Gasteiger partial charge in [0.15, 0.2) is 5.82 Å². The summed E-state index contributed by atoms with van der Waals surface area (Å²) in [4.78, 5) is 17.8. The van der Waals surface area contributed by atoms with E-state index >= 15 is 0 Å². The van der Waals surface area contributed by atoms with Crippen LogP contribution in [0.3, 0.4) is 0 Å². The minimum atomic E-state index is -0.236. The Kier molecular flexibility index (Phi) is 4.70. The summed E-state index contributed by atoms with van der Waals surface area (Å²) in [7, 11) is 0. The summed E-state index contributed by atoms with van der Waals surface area (Å²) in [6, 6.07) is 16.6. The van der Waals surface area contributed by atoms with E-state index < -0.39 is 0 Å². The van der Waals surface area contributed by atoms with Crippen molar-refractivity contribution in [2.24, 2.45) is 0 Å².